The van der Waals surface area contributed by atoms with Gasteiger partial charge in [0.25, 0.3) is 5.91 Å². The van der Waals surface area contributed by atoms with Crippen molar-refractivity contribution in [2.24, 2.45) is 0 Å². The predicted octanol–water partition coefficient (Wildman–Crippen LogP) is 0.0967. The Balaban J connectivity index is 1.93. The molecule has 112 valence electrons. The second-order valence-electron chi connectivity index (χ2n) is 4.28. The van der Waals surface area contributed by atoms with Crippen LogP contribution in [0.1, 0.15) is 34.4 Å². The van der Waals surface area contributed by atoms with Crippen LogP contribution in [0, 0.1) is 0 Å². The van der Waals surface area contributed by atoms with Crippen molar-refractivity contribution in [3.63, 3.8) is 0 Å². The molecule has 1 amide bonds. The lowest BCUT2D eigenvalue weighted by Crippen LogP contribution is -2.23. The first-order valence-electron chi connectivity index (χ1n) is 6.30. The summed E-state index contributed by atoms with van der Waals surface area (Å²) < 4.78 is 4.98. The number of carbonyl (C=O) groups is 2. The molecule has 10 heteroatoms. The lowest BCUT2D eigenvalue weighted by molar-refractivity contribution is -0.137. The van der Waals surface area contributed by atoms with E-state index in [0.717, 1.165) is 18.0 Å². The summed E-state index contributed by atoms with van der Waals surface area (Å²) in [5, 5.41) is 22.7. The first kappa shape index (κ1) is 15.0. The minimum atomic E-state index is -1.00. The molecule has 2 aromatic heterocycles. The Kier molecular flexibility index (Phi) is 4.93. The number of amides is 1. The fourth-order valence-corrected chi connectivity index (χ4v) is 2.29. The van der Waals surface area contributed by atoms with Crippen molar-refractivity contribution in [1.82, 2.24) is 29.9 Å². The molecule has 0 radical (unpaired) electrons. The number of aromatic nitrogens is 5. The van der Waals surface area contributed by atoms with Gasteiger partial charge in [-0.05, 0) is 18.0 Å². The molecule has 2 rings (SSSR count). The summed E-state index contributed by atoms with van der Waals surface area (Å²) in [6.07, 6.45) is 3.07. The molecule has 0 unspecified atom stereocenters. The highest BCUT2D eigenvalue weighted by Gasteiger charge is 2.15. The van der Waals surface area contributed by atoms with Crippen molar-refractivity contribution in [3.8, 4) is 0 Å². The molecule has 0 aliphatic carbocycles. The zero-order valence-electron chi connectivity index (χ0n) is 11.3. The number of carboxylic acid groups (broad SMARTS) is 1. The molecule has 0 aliphatic rings. The molecular weight excluding hydrogens is 296 g/mol. The number of nitrogens with zero attached hydrogens (tertiary/aromatic N) is 5. The molecule has 0 bridgehead atoms. The van der Waals surface area contributed by atoms with Crippen LogP contribution in [0.4, 0.5) is 0 Å². The van der Waals surface area contributed by atoms with Crippen LogP contribution < -0.4 is 5.32 Å². The molecule has 0 spiro atoms. The number of rotatable bonds is 7. The van der Waals surface area contributed by atoms with Gasteiger partial charge in [0.15, 0.2) is 0 Å². The Morgan fingerprint density at radius 3 is 2.95 bits per heavy atom. The summed E-state index contributed by atoms with van der Waals surface area (Å²) >= 11 is 1.05. The minimum absolute atomic E-state index is 0.169. The van der Waals surface area contributed by atoms with Crippen molar-refractivity contribution in [1.29, 1.82) is 0 Å². The number of hydrogen-bond donors (Lipinski definition) is 2. The van der Waals surface area contributed by atoms with E-state index < -0.39 is 5.97 Å². The van der Waals surface area contributed by atoms with Crippen LogP contribution in [0.15, 0.2) is 6.20 Å². The predicted molar refractivity (Wildman–Crippen MR) is 72.7 cm³/mol. The zero-order valence-corrected chi connectivity index (χ0v) is 12.1. The number of carboxylic acids is 1. The van der Waals surface area contributed by atoms with Crippen LogP contribution in [-0.2, 0) is 24.3 Å². The number of nitrogens with one attached hydrogen (secondary N) is 1. The topological polar surface area (TPSA) is 123 Å². The molecule has 0 saturated heterocycles. The van der Waals surface area contributed by atoms with Gasteiger partial charge in [0.1, 0.15) is 17.1 Å². The fraction of sp³-hybridized carbons (Fsp3) is 0.455. The van der Waals surface area contributed by atoms with Crippen LogP contribution in [0.5, 0.6) is 0 Å². The molecule has 2 N–H and O–H groups in total. The van der Waals surface area contributed by atoms with Gasteiger partial charge in [0, 0.05) is 0 Å². The number of aliphatic carboxylic acids is 1. The molecule has 0 atom stereocenters. The Morgan fingerprint density at radius 2 is 2.24 bits per heavy atom. The Labute approximate surface area is 124 Å². The van der Waals surface area contributed by atoms with Gasteiger partial charge < -0.3 is 10.4 Å². The third kappa shape index (κ3) is 4.05. The van der Waals surface area contributed by atoms with E-state index in [2.05, 4.69) is 25.2 Å². The summed E-state index contributed by atoms with van der Waals surface area (Å²) in [5.41, 5.74) is 1.17. The van der Waals surface area contributed by atoms with E-state index in [1.165, 1.54) is 10.9 Å². The third-order valence-corrected chi connectivity index (χ3v) is 3.33. The second kappa shape index (κ2) is 6.88. The molecule has 9 nitrogen and oxygen atoms in total. The van der Waals surface area contributed by atoms with Gasteiger partial charge in [-0.2, -0.15) is 0 Å². The van der Waals surface area contributed by atoms with Gasteiger partial charge in [0.2, 0.25) is 0 Å². The van der Waals surface area contributed by atoms with E-state index in [0.29, 0.717) is 22.7 Å². The highest BCUT2D eigenvalue weighted by molar-refractivity contribution is 7.08. The molecule has 0 aliphatic heterocycles. The van der Waals surface area contributed by atoms with E-state index in [4.69, 9.17) is 5.11 Å². The van der Waals surface area contributed by atoms with Crippen molar-refractivity contribution in [3.05, 3.63) is 22.5 Å². The standard InChI is InChI=1S/C11H14N6O3S/c1-2-3-8-10(21-16-14-8)11(20)12-4-7-5-17(15-13-7)6-9(18)19/h5H,2-4,6H2,1H3,(H,12,20)(H,18,19). The maximum atomic E-state index is 12.0. The lowest BCUT2D eigenvalue weighted by Gasteiger charge is -2.01. The van der Waals surface area contributed by atoms with Crippen molar-refractivity contribution >= 4 is 23.4 Å². The molecule has 0 fully saturated rings. The number of hydrogen-bond acceptors (Lipinski definition) is 7. The van der Waals surface area contributed by atoms with E-state index in [1.54, 1.807) is 0 Å². The average Bonchev–Trinajstić information content (AvgIpc) is 3.05. The number of carbonyl (C=O) groups excluding carboxylic acids is 1. The Morgan fingerprint density at radius 1 is 1.43 bits per heavy atom. The molecular formula is C11H14N6O3S. The van der Waals surface area contributed by atoms with E-state index >= 15 is 0 Å². The molecule has 0 saturated carbocycles. The highest BCUT2D eigenvalue weighted by Crippen LogP contribution is 2.12. The van der Waals surface area contributed by atoms with Gasteiger partial charge in [-0.3, -0.25) is 9.59 Å². The third-order valence-electron chi connectivity index (χ3n) is 2.56. The van der Waals surface area contributed by atoms with Crippen molar-refractivity contribution in [2.45, 2.75) is 32.9 Å². The van der Waals surface area contributed by atoms with Crippen LogP contribution in [0.25, 0.3) is 0 Å². The maximum Gasteiger partial charge on any atom is 0.325 e. The van der Waals surface area contributed by atoms with Gasteiger partial charge in [-0.25, -0.2) is 4.68 Å². The normalized spacial score (nSPS) is 10.5. The summed E-state index contributed by atoms with van der Waals surface area (Å²) in [7, 11) is 0. The quantitative estimate of drug-likeness (QED) is 0.743. The minimum Gasteiger partial charge on any atom is -0.480 e. The van der Waals surface area contributed by atoms with Gasteiger partial charge >= 0.3 is 5.97 Å². The maximum absolute atomic E-state index is 12.0. The zero-order chi connectivity index (χ0) is 15.2. The lowest BCUT2D eigenvalue weighted by atomic mass is 10.2. The van der Waals surface area contributed by atoms with Gasteiger partial charge in [0.05, 0.1) is 18.4 Å². The van der Waals surface area contributed by atoms with Gasteiger partial charge in [-0.15, -0.1) is 10.2 Å². The van der Waals surface area contributed by atoms with Crippen LogP contribution in [-0.4, -0.2) is 41.6 Å². The SMILES string of the molecule is CCCc1nnsc1C(=O)NCc1cn(CC(=O)O)nn1. The smallest absolute Gasteiger partial charge is 0.325 e. The molecule has 21 heavy (non-hydrogen) atoms. The largest absolute Gasteiger partial charge is 0.480 e. The fourth-order valence-electron chi connectivity index (χ4n) is 1.67. The Hall–Kier alpha value is -2.36. The molecule has 2 heterocycles. The summed E-state index contributed by atoms with van der Waals surface area (Å²) in [5.74, 6) is -1.27. The molecule has 2 aromatic rings. The number of aryl methyl sites for hydroxylation is 1. The van der Waals surface area contributed by atoms with Crippen LogP contribution in [0.3, 0.4) is 0 Å². The first-order valence-corrected chi connectivity index (χ1v) is 7.07. The second-order valence-corrected chi connectivity index (χ2v) is 5.04. The Bertz CT molecular complexity index is 637. The van der Waals surface area contributed by atoms with Crippen LogP contribution >= 0.6 is 11.5 Å². The highest BCUT2D eigenvalue weighted by atomic mass is 32.1. The van der Waals surface area contributed by atoms with E-state index in [-0.39, 0.29) is 19.0 Å². The van der Waals surface area contributed by atoms with Crippen molar-refractivity contribution < 1.29 is 14.7 Å². The average molecular weight is 310 g/mol. The van der Waals surface area contributed by atoms with E-state index in [9.17, 15) is 9.59 Å². The summed E-state index contributed by atoms with van der Waals surface area (Å²) in [6, 6.07) is 0. The monoisotopic (exact) mass is 310 g/mol. The van der Waals surface area contributed by atoms with Crippen molar-refractivity contribution in [2.75, 3.05) is 0 Å². The first-order chi connectivity index (χ1) is 10.1. The van der Waals surface area contributed by atoms with Crippen LogP contribution in [0.2, 0.25) is 0 Å². The summed E-state index contributed by atoms with van der Waals surface area (Å²) in [6.45, 7) is 1.91. The molecule has 0 aromatic carbocycles. The summed E-state index contributed by atoms with van der Waals surface area (Å²) in [4.78, 5) is 23.1. The van der Waals surface area contributed by atoms with E-state index in [1.807, 2.05) is 6.92 Å². The van der Waals surface area contributed by atoms with Gasteiger partial charge in [-0.1, -0.05) is 23.0 Å².